The maximum atomic E-state index is 13.2. The minimum absolute atomic E-state index is 0.0305. The molecule has 0 bridgehead atoms. The summed E-state index contributed by atoms with van der Waals surface area (Å²) in [5.41, 5.74) is 2.04. The lowest BCUT2D eigenvalue weighted by Gasteiger charge is -2.25. The Labute approximate surface area is 212 Å². The predicted molar refractivity (Wildman–Crippen MR) is 133 cm³/mol. The molecule has 0 spiro atoms. The fourth-order valence-corrected chi connectivity index (χ4v) is 5.01. The molecule has 1 N–H and O–H groups in total. The fraction of sp³-hybridized carbons (Fsp3) is 0.269. The summed E-state index contributed by atoms with van der Waals surface area (Å²) in [6, 6.07) is 9.48. The van der Waals surface area contributed by atoms with Crippen molar-refractivity contribution >= 4 is 40.7 Å². The number of halogens is 2. The second-order valence-corrected chi connectivity index (χ2v) is 9.59. The Balaban J connectivity index is 1.55. The topological polar surface area (TPSA) is 84.7 Å². The van der Waals surface area contributed by atoms with Crippen LogP contribution in [0.5, 0.6) is 5.75 Å². The summed E-state index contributed by atoms with van der Waals surface area (Å²) in [6.07, 6.45) is 6.56. The molecule has 3 heterocycles. The monoisotopic (exact) mass is 511 g/mol. The van der Waals surface area contributed by atoms with Crippen molar-refractivity contribution in [3.05, 3.63) is 87.4 Å². The number of carbonyl (C=O) groups is 2. The molecule has 9 heteroatoms. The summed E-state index contributed by atoms with van der Waals surface area (Å²) in [5, 5.41) is 12.0. The number of ether oxygens (including phenoxy) is 1. The molecule has 1 amide bonds. The number of hydrogen-bond donors (Lipinski definition) is 1. The van der Waals surface area contributed by atoms with Crippen molar-refractivity contribution in [3.8, 4) is 5.75 Å². The van der Waals surface area contributed by atoms with Crippen LogP contribution < -0.4 is 4.74 Å². The van der Waals surface area contributed by atoms with Crippen molar-refractivity contribution < 1.29 is 19.4 Å². The number of rotatable bonds is 6. The number of aryl methyl sites for hydroxylation is 1. The number of aromatic nitrogens is 2. The van der Waals surface area contributed by atoms with E-state index < -0.39 is 17.7 Å². The number of ketones is 1. The van der Waals surface area contributed by atoms with Crippen LogP contribution in [0.15, 0.2) is 60.7 Å². The lowest BCUT2D eigenvalue weighted by Crippen LogP contribution is -2.31. The van der Waals surface area contributed by atoms with Gasteiger partial charge in [0.05, 0.1) is 28.0 Å². The number of benzene rings is 2. The third kappa shape index (κ3) is 4.42. The number of fused-ring (bicyclic) bond motifs is 1. The zero-order chi connectivity index (χ0) is 24.7. The van der Waals surface area contributed by atoms with E-state index in [2.05, 4.69) is 4.98 Å². The molecule has 0 saturated carbocycles. The Morgan fingerprint density at radius 1 is 1.14 bits per heavy atom. The zero-order valence-corrected chi connectivity index (χ0v) is 20.5. The Kier molecular flexibility index (Phi) is 6.30. The van der Waals surface area contributed by atoms with Gasteiger partial charge in [-0.15, -0.1) is 0 Å². The molecule has 2 aliphatic rings. The number of aliphatic hydroxyl groups excluding tert-OH is 1. The van der Waals surface area contributed by atoms with E-state index in [4.69, 9.17) is 27.9 Å². The Bertz CT molecular complexity index is 1340. The molecular formula is C26H23Cl2N3O4. The number of Topliss-reactive ketones (excluding diaryl/α,β-unsaturated/α-hetero) is 1. The van der Waals surface area contributed by atoms with E-state index in [-0.39, 0.29) is 17.4 Å². The van der Waals surface area contributed by atoms with Crippen molar-refractivity contribution in [2.45, 2.75) is 38.5 Å². The van der Waals surface area contributed by atoms with Gasteiger partial charge in [0.1, 0.15) is 17.6 Å². The van der Waals surface area contributed by atoms with Gasteiger partial charge in [0, 0.05) is 37.5 Å². The van der Waals surface area contributed by atoms with Crippen molar-refractivity contribution in [2.24, 2.45) is 0 Å². The average molecular weight is 512 g/mol. The van der Waals surface area contributed by atoms with Gasteiger partial charge in [-0.25, -0.2) is 4.98 Å². The highest BCUT2D eigenvalue weighted by Gasteiger charge is 2.46. The van der Waals surface area contributed by atoms with Crippen LogP contribution in [0.1, 0.15) is 36.1 Å². The number of nitrogens with zero attached hydrogens (tertiary/aromatic N) is 3. The third-order valence-corrected chi connectivity index (χ3v) is 7.08. The highest BCUT2D eigenvalue weighted by atomic mass is 35.5. The van der Waals surface area contributed by atoms with Crippen molar-refractivity contribution in [3.63, 3.8) is 0 Å². The van der Waals surface area contributed by atoms with E-state index in [0.29, 0.717) is 47.1 Å². The predicted octanol–water partition coefficient (Wildman–Crippen LogP) is 5.03. The molecule has 2 atom stereocenters. The van der Waals surface area contributed by atoms with E-state index >= 15 is 0 Å². The summed E-state index contributed by atoms with van der Waals surface area (Å²) in [6.45, 7) is 2.90. The highest BCUT2D eigenvalue weighted by molar-refractivity contribution is 6.46. The van der Waals surface area contributed by atoms with Crippen LogP contribution in [0, 0.1) is 0 Å². The van der Waals surface area contributed by atoms with Crippen LogP contribution in [0.3, 0.4) is 0 Å². The third-order valence-electron chi connectivity index (χ3n) is 6.34. The van der Waals surface area contributed by atoms with E-state index in [0.717, 1.165) is 11.3 Å². The molecule has 35 heavy (non-hydrogen) atoms. The first-order valence-electron chi connectivity index (χ1n) is 11.3. The summed E-state index contributed by atoms with van der Waals surface area (Å²) in [4.78, 5) is 31.9. The molecule has 0 aliphatic carbocycles. The van der Waals surface area contributed by atoms with E-state index in [1.807, 2.05) is 23.8 Å². The maximum absolute atomic E-state index is 13.2. The molecule has 1 aromatic heterocycles. The highest BCUT2D eigenvalue weighted by Crippen LogP contribution is 2.42. The standard InChI is InChI=1S/C26H23Cl2N3O4/c1-15-11-18-12-17(4-6-21(18)35-15)24(32)22-23(16-3-5-19(27)20(28)13-16)31(26(34)25(22)33)9-2-8-30-10-7-29-14-30/h3-7,10,12-15,23,32H,2,8-9,11H2,1H3/b24-22+/t15-,23+/m1/s1. The van der Waals surface area contributed by atoms with Gasteiger partial charge < -0.3 is 19.3 Å². The largest absolute Gasteiger partial charge is 0.507 e. The van der Waals surface area contributed by atoms with Crippen molar-refractivity contribution in [1.29, 1.82) is 0 Å². The Morgan fingerprint density at radius 2 is 1.97 bits per heavy atom. The molecule has 0 unspecified atom stereocenters. The van der Waals surface area contributed by atoms with Gasteiger partial charge in [-0.2, -0.15) is 0 Å². The van der Waals surface area contributed by atoms with Crippen molar-refractivity contribution in [2.75, 3.05) is 6.54 Å². The summed E-state index contributed by atoms with van der Waals surface area (Å²) in [5.74, 6) is -0.855. The van der Waals surface area contributed by atoms with E-state index in [1.54, 1.807) is 42.9 Å². The Morgan fingerprint density at radius 3 is 2.71 bits per heavy atom. The summed E-state index contributed by atoms with van der Waals surface area (Å²) >= 11 is 12.4. The van der Waals surface area contributed by atoms with E-state index in [9.17, 15) is 14.7 Å². The first-order valence-corrected chi connectivity index (χ1v) is 12.1. The summed E-state index contributed by atoms with van der Waals surface area (Å²) in [7, 11) is 0. The van der Waals surface area contributed by atoms with Crippen LogP contribution in [0.25, 0.3) is 5.76 Å². The number of likely N-dealkylation sites (tertiary alicyclic amines) is 1. The van der Waals surface area contributed by atoms with E-state index in [1.165, 1.54) is 4.90 Å². The van der Waals surface area contributed by atoms with Gasteiger partial charge >= 0.3 is 0 Å². The molecule has 5 rings (SSSR count). The zero-order valence-electron chi connectivity index (χ0n) is 18.9. The number of imidazole rings is 1. The van der Waals surface area contributed by atoms with Gasteiger partial charge in [0.25, 0.3) is 11.7 Å². The molecule has 2 aliphatic heterocycles. The van der Waals surface area contributed by atoms with Gasteiger partial charge in [-0.3, -0.25) is 9.59 Å². The van der Waals surface area contributed by atoms with Gasteiger partial charge in [0.2, 0.25) is 0 Å². The lowest BCUT2D eigenvalue weighted by atomic mass is 9.94. The van der Waals surface area contributed by atoms with Crippen molar-refractivity contribution in [1.82, 2.24) is 14.5 Å². The van der Waals surface area contributed by atoms with Crippen LogP contribution in [-0.2, 0) is 22.6 Å². The molecule has 1 fully saturated rings. The molecular weight excluding hydrogens is 489 g/mol. The molecule has 0 radical (unpaired) electrons. The molecule has 1 saturated heterocycles. The smallest absolute Gasteiger partial charge is 0.295 e. The Hall–Kier alpha value is -3.29. The van der Waals surface area contributed by atoms with Crippen LogP contribution in [0.4, 0.5) is 0 Å². The summed E-state index contributed by atoms with van der Waals surface area (Å²) < 4.78 is 7.65. The number of amides is 1. The van der Waals surface area contributed by atoms with Crippen LogP contribution in [0.2, 0.25) is 10.0 Å². The maximum Gasteiger partial charge on any atom is 0.295 e. The van der Waals surface area contributed by atoms with Gasteiger partial charge in [0.15, 0.2) is 0 Å². The second-order valence-electron chi connectivity index (χ2n) is 8.78. The second kappa shape index (κ2) is 9.40. The lowest BCUT2D eigenvalue weighted by molar-refractivity contribution is -0.139. The number of carbonyl (C=O) groups excluding carboxylic acids is 2. The first kappa shape index (κ1) is 23.5. The average Bonchev–Trinajstić information content (AvgIpc) is 3.54. The number of aliphatic hydroxyl groups is 1. The van der Waals surface area contributed by atoms with Gasteiger partial charge in [-0.05, 0) is 54.8 Å². The van der Waals surface area contributed by atoms with Gasteiger partial charge in [-0.1, -0.05) is 29.3 Å². The fourth-order valence-electron chi connectivity index (χ4n) is 4.71. The molecule has 2 aromatic carbocycles. The molecule has 3 aromatic rings. The number of hydrogen-bond acceptors (Lipinski definition) is 5. The first-order chi connectivity index (χ1) is 16.8. The quantitative estimate of drug-likeness (QED) is 0.285. The normalized spacial score (nSPS) is 20.8. The molecule has 7 nitrogen and oxygen atoms in total. The SMILES string of the molecule is C[C@@H]1Cc2cc(/C(O)=C3\C(=O)C(=O)N(CCCn4ccnc4)[C@H]3c3ccc(Cl)c(Cl)c3)ccc2O1. The molecule has 180 valence electrons. The minimum atomic E-state index is -0.795. The minimum Gasteiger partial charge on any atom is -0.507 e. The van der Waals surface area contributed by atoms with Crippen LogP contribution in [-0.4, -0.2) is 43.9 Å². The van der Waals surface area contributed by atoms with Crippen LogP contribution >= 0.6 is 23.2 Å².